The quantitative estimate of drug-likeness (QED) is 0.117. The summed E-state index contributed by atoms with van der Waals surface area (Å²) in [6, 6.07) is 13.6. The van der Waals surface area contributed by atoms with Crippen LogP contribution < -0.4 is 4.74 Å². The van der Waals surface area contributed by atoms with Crippen LogP contribution in [-0.2, 0) is 11.3 Å². The summed E-state index contributed by atoms with van der Waals surface area (Å²) in [5.74, 6) is 0.642. The first kappa shape index (κ1) is 28.1. The van der Waals surface area contributed by atoms with Crippen molar-refractivity contribution in [2.45, 2.75) is 45.8 Å². The largest absolute Gasteiger partial charge is 0.494 e. The second kappa shape index (κ2) is 12.7. The lowest BCUT2D eigenvalue weighted by Gasteiger charge is -2.27. The number of nitro benzene ring substituents is 1. The highest BCUT2D eigenvalue weighted by Crippen LogP contribution is 2.29. The van der Waals surface area contributed by atoms with Crippen molar-refractivity contribution in [3.05, 3.63) is 80.7 Å². The Bertz CT molecular complexity index is 1250. The van der Waals surface area contributed by atoms with Gasteiger partial charge in [0.1, 0.15) is 11.4 Å². The standard InChI is InChI=1S/C26H28Cl2N4O5/c1-26(2,3)37-25(33)31(17-18-8-6-10-20(14-18)32(34)35)12-4-5-13-36-21-11-7-9-19(15-21)23-22(27)16-29-24(28)30-23/h6-11,14-16H,4-5,12-13,17H2,1-3H3. The number of hydrogen-bond donors (Lipinski definition) is 0. The van der Waals surface area contributed by atoms with Crippen LogP contribution >= 0.6 is 23.2 Å². The van der Waals surface area contributed by atoms with Gasteiger partial charge < -0.3 is 14.4 Å². The number of hydrogen-bond acceptors (Lipinski definition) is 7. The number of rotatable bonds is 10. The van der Waals surface area contributed by atoms with Gasteiger partial charge in [-0.25, -0.2) is 14.8 Å². The lowest BCUT2D eigenvalue weighted by molar-refractivity contribution is -0.384. The topological polar surface area (TPSA) is 108 Å². The summed E-state index contributed by atoms with van der Waals surface area (Å²) >= 11 is 12.1. The molecule has 0 atom stereocenters. The number of nitro groups is 1. The van der Waals surface area contributed by atoms with E-state index in [1.165, 1.54) is 18.3 Å². The van der Waals surface area contributed by atoms with Crippen molar-refractivity contribution in [1.82, 2.24) is 14.9 Å². The van der Waals surface area contributed by atoms with Crippen LogP contribution in [-0.4, -0.2) is 44.6 Å². The molecular formula is C26H28Cl2N4O5. The Labute approximate surface area is 225 Å². The summed E-state index contributed by atoms with van der Waals surface area (Å²) in [5, 5.41) is 11.6. The summed E-state index contributed by atoms with van der Waals surface area (Å²) in [7, 11) is 0. The smallest absolute Gasteiger partial charge is 0.410 e. The number of carbonyl (C=O) groups excluding carboxylic acids is 1. The van der Waals surface area contributed by atoms with Gasteiger partial charge in [-0.05, 0) is 62.9 Å². The molecule has 0 saturated carbocycles. The molecule has 196 valence electrons. The molecule has 0 fully saturated rings. The molecule has 0 spiro atoms. The number of ether oxygens (including phenoxy) is 2. The molecule has 0 radical (unpaired) electrons. The van der Waals surface area contributed by atoms with E-state index < -0.39 is 16.6 Å². The summed E-state index contributed by atoms with van der Waals surface area (Å²) in [5.41, 5.74) is 1.23. The maximum atomic E-state index is 12.8. The molecule has 37 heavy (non-hydrogen) atoms. The third-order valence-corrected chi connectivity index (χ3v) is 5.52. The van der Waals surface area contributed by atoms with Crippen molar-refractivity contribution < 1.29 is 19.2 Å². The van der Waals surface area contributed by atoms with Crippen molar-refractivity contribution in [2.75, 3.05) is 13.2 Å². The third-order valence-electron chi connectivity index (χ3n) is 5.06. The molecule has 3 aromatic rings. The average molecular weight is 547 g/mol. The molecule has 0 unspecified atom stereocenters. The predicted octanol–water partition coefficient (Wildman–Crippen LogP) is 6.95. The zero-order chi connectivity index (χ0) is 27.0. The summed E-state index contributed by atoms with van der Waals surface area (Å²) in [6.45, 7) is 6.39. The highest BCUT2D eigenvalue weighted by molar-refractivity contribution is 6.33. The molecule has 2 aromatic carbocycles. The average Bonchev–Trinajstić information content (AvgIpc) is 2.84. The molecule has 1 amide bonds. The first-order valence-corrected chi connectivity index (χ1v) is 12.4. The molecule has 9 nitrogen and oxygen atoms in total. The van der Waals surface area contributed by atoms with E-state index >= 15 is 0 Å². The van der Waals surface area contributed by atoms with Crippen LogP contribution in [0.5, 0.6) is 5.75 Å². The van der Waals surface area contributed by atoms with Gasteiger partial charge in [-0.2, -0.15) is 0 Å². The zero-order valence-electron chi connectivity index (χ0n) is 20.8. The fourth-order valence-electron chi connectivity index (χ4n) is 3.43. The number of benzene rings is 2. The normalized spacial score (nSPS) is 11.2. The molecule has 1 aromatic heterocycles. The Morgan fingerprint density at radius 1 is 1.11 bits per heavy atom. The molecule has 1 heterocycles. The van der Waals surface area contributed by atoms with Gasteiger partial charge in [0, 0.05) is 30.8 Å². The van der Waals surface area contributed by atoms with Crippen LogP contribution in [0.4, 0.5) is 10.5 Å². The van der Waals surface area contributed by atoms with E-state index in [-0.39, 0.29) is 17.5 Å². The lowest BCUT2D eigenvalue weighted by Crippen LogP contribution is -2.37. The van der Waals surface area contributed by atoms with Gasteiger partial charge in [0.25, 0.3) is 5.69 Å². The predicted molar refractivity (Wildman–Crippen MR) is 142 cm³/mol. The van der Waals surface area contributed by atoms with E-state index in [1.54, 1.807) is 37.8 Å². The number of amides is 1. The van der Waals surface area contributed by atoms with E-state index in [0.717, 1.165) is 5.56 Å². The maximum absolute atomic E-state index is 12.8. The van der Waals surface area contributed by atoms with Gasteiger partial charge in [0.05, 0.1) is 28.4 Å². The second-order valence-electron chi connectivity index (χ2n) is 9.25. The molecular weight excluding hydrogens is 519 g/mol. The van der Waals surface area contributed by atoms with Gasteiger partial charge in [0.2, 0.25) is 5.28 Å². The molecule has 0 N–H and O–H groups in total. The van der Waals surface area contributed by atoms with E-state index in [9.17, 15) is 14.9 Å². The molecule has 0 aliphatic carbocycles. The number of unbranched alkanes of at least 4 members (excludes halogenated alkanes) is 1. The van der Waals surface area contributed by atoms with Crippen molar-refractivity contribution in [2.24, 2.45) is 0 Å². The number of non-ortho nitro benzene ring substituents is 1. The van der Waals surface area contributed by atoms with Gasteiger partial charge in [-0.3, -0.25) is 10.1 Å². The van der Waals surface area contributed by atoms with Crippen LogP contribution in [0.25, 0.3) is 11.3 Å². The summed E-state index contributed by atoms with van der Waals surface area (Å²) in [4.78, 5) is 33.1. The van der Waals surface area contributed by atoms with Gasteiger partial charge >= 0.3 is 6.09 Å². The van der Waals surface area contributed by atoms with Gasteiger partial charge in [0.15, 0.2) is 0 Å². The maximum Gasteiger partial charge on any atom is 0.410 e. The van der Waals surface area contributed by atoms with Gasteiger partial charge in [-0.15, -0.1) is 0 Å². The Kier molecular flexibility index (Phi) is 9.66. The number of carbonyl (C=O) groups is 1. The van der Waals surface area contributed by atoms with Crippen molar-refractivity contribution in [1.29, 1.82) is 0 Å². The Morgan fingerprint density at radius 3 is 2.59 bits per heavy atom. The molecule has 3 rings (SSSR count). The Balaban J connectivity index is 1.59. The van der Waals surface area contributed by atoms with Crippen LogP contribution in [0.1, 0.15) is 39.2 Å². The molecule has 0 bridgehead atoms. The lowest BCUT2D eigenvalue weighted by atomic mass is 10.1. The molecule has 0 aliphatic rings. The third kappa shape index (κ3) is 8.87. The number of halogens is 2. The Morgan fingerprint density at radius 2 is 1.86 bits per heavy atom. The summed E-state index contributed by atoms with van der Waals surface area (Å²) in [6.07, 6.45) is 2.27. The van der Waals surface area contributed by atoms with Crippen molar-refractivity contribution in [3.8, 4) is 17.0 Å². The zero-order valence-corrected chi connectivity index (χ0v) is 22.3. The highest BCUT2D eigenvalue weighted by atomic mass is 35.5. The van der Waals surface area contributed by atoms with Crippen LogP contribution in [0.2, 0.25) is 10.3 Å². The van der Waals surface area contributed by atoms with Crippen molar-refractivity contribution >= 4 is 35.0 Å². The minimum atomic E-state index is -0.664. The van der Waals surface area contributed by atoms with E-state index in [0.29, 0.717) is 48.0 Å². The molecule has 0 saturated heterocycles. The SMILES string of the molecule is CC(C)(C)OC(=O)N(CCCCOc1cccc(-c2nc(Cl)ncc2Cl)c1)Cc1cccc([N+](=O)[O-])c1. The fraction of sp³-hybridized carbons (Fsp3) is 0.346. The first-order chi connectivity index (χ1) is 17.5. The van der Waals surface area contributed by atoms with Crippen LogP contribution in [0.15, 0.2) is 54.7 Å². The fourth-order valence-corrected chi connectivity index (χ4v) is 3.76. The first-order valence-electron chi connectivity index (χ1n) is 11.6. The van der Waals surface area contributed by atoms with E-state index in [4.69, 9.17) is 32.7 Å². The van der Waals surface area contributed by atoms with Crippen LogP contribution in [0, 0.1) is 10.1 Å². The van der Waals surface area contributed by atoms with Gasteiger partial charge in [-0.1, -0.05) is 35.9 Å². The minimum Gasteiger partial charge on any atom is -0.494 e. The number of aromatic nitrogens is 2. The van der Waals surface area contributed by atoms with Crippen LogP contribution in [0.3, 0.4) is 0 Å². The second-order valence-corrected chi connectivity index (χ2v) is 9.99. The minimum absolute atomic E-state index is 0.0252. The van der Waals surface area contributed by atoms with E-state index in [1.807, 2.05) is 24.3 Å². The Hall–Kier alpha value is -3.43. The molecule has 11 heteroatoms. The molecule has 0 aliphatic heterocycles. The monoisotopic (exact) mass is 546 g/mol. The summed E-state index contributed by atoms with van der Waals surface area (Å²) < 4.78 is 11.4. The van der Waals surface area contributed by atoms with Crippen molar-refractivity contribution in [3.63, 3.8) is 0 Å². The highest BCUT2D eigenvalue weighted by Gasteiger charge is 2.22. The number of nitrogens with zero attached hydrogens (tertiary/aromatic N) is 4. The van der Waals surface area contributed by atoms with E-state index in [2.05, 4.69) is 9.97 Å².